The molecule has 2 aromatic rings. The lowest BCUT2D eigenvalue weighted by atomic mass is 10.2. The summed E-state index contributed by atoms with van der Waals surface area (Å²) in [5.74, 6) is 0.542. The third-order valence-electron chi connectivity index (χ3n) is 2.31. The van der Waals surface area contributed by atoms with Gasteiger partial charge in [-0.3, -0.25) is 0 Å². The molecule has 1 N–H and O–H groups in total. The molecule has 0 spiro atoms. The number of benzene rings is 2. The summed E-state index contributed by atoms with van der Waals surface area (Å²) < 4.78 is 27.2. The highest BCUT2D eigenvalue weighted by Gasteiger charge is 2.12. The van der Waals surface area contributed by atoms with Gasteiger partial charge in [-0.2, -0.15) is 0 Å². The van der Waals surface area contributed by atoms with E-state index in [0.717, 1.165) is 0 Å². The van der Waals surface area contributed by atoms with Crippen LogP contribution in [-0.2, 0) is 9.80 Å². The molecule has 1 unspecified atom stereocenters. The Bertz CT molecular complexity index is 619. The van der Waals surface area contributed by atoms with Crippen LogP contribution in [0.25, 0.3) is 0 Å². The van der Waals surface area contributed by atoms with Gasteiger partial charge in [0.1, 0.15) is 15.6 Å². The molecule has 0 saturated carbocycles. The predicted octanol–water partition coefficient (Wildman–Crippen LogP) is 2.63. The SMILES string of the molecule is CS(=O)(O)=C(Oc1ccccc1)c1ccccc1. The maximum absolute atomic E-state index is 11.9. The average Bonchev–Trinajstić information content (AvgIpc) is 2.37. The van der Waals surface area contributed by atoms with Gasteiger partial charge >= 0.3 is 0 Å². The summed E-state index contributed by atoms with van der Waals surface area (Å²) in [5.41, 5.74) is 0.608. The minimum atomic E-state index is -3.17. The summed E-state index contributed by atoms with van der Waals surface area (Å²) in [7, 11) is -3.17. The fourth-order valence-corrected chi connectivity index (χ4v) is 2.35. The molecule has 1 atom stereocenters. The van der Waals surface area contributed by atoms with Crippen molar-refractivity contribution >= 4 is 14.9 Å². The molecule has 94 valence electrons. The Morgan fingerprint density at radius 1 is 1.00 bits per heavy atom. The van der Waals surface area contributed by atoms with E-state index in [1.807, 2.05) is 24.3 Å². The zero-order valence-electron chi connectivity index (χ0n) is 9.95. The Balaban J connectivity index is 2.45. The molecule has 2 rings (SSSR count). The van der Waals surface area contributed by atoms with E-state index < -0.39 is 9.80 Å². The molecule has 0 radical (unpaired) electrons. The van der Waals surface area contributed by atoms with Crippen molar-refractivity contribution in [2.75, 3.05) is 6.26 Å². The van der Waals surface area contributed by atoms with Gasteiger partial charge in [0.2, 0.25) is 5.05 Å². The number of rotatable bonds is 2. The van der Waals surface area contributed by atoms with E-state index in [-0.39, 0.29) is 5.05 Å². The highest BCUT2D eigenvalue weighted by Crippen LogP contribution is 2.13. The molecule has 0 aliphatic carbocycles. The zero-order valence-corrected chi connectivity index (χ0v) is 10.8. The molecule has 4 heteroatoms. The summed E-state index contributed by atoms with van der Waals surface area (Å²) >= 11 is 0. The van der Waals surface area contributed by atoms with Gasteiger partial charge < -0.3 is 9.29 Å². The number of ether oxygens (including phenoxy) is 1. The van der Waals surface area contributed by atoms with Gasteiger partial charge in [0, 0.05) is 11.8 Å². The van der Waals surface area contributed by atoms with Crippen molar-refractivity contribution < 1.29 is 13.5 Å². The molecule has 18 heavy (non-hydrogen) atoms. The summed E-state index contributed by atoms with van der Waals surface area (Å²) in [6, 6.07) is 17.9. The van der Waals surface area contributed by atoms with Crippen molar-refractivity contribution in [3.63, 3.8) is 0 Å². The van der Waals surface area contributed by atoms with Crippen LogP contribution in [0.2, 0.25) is 0 Å². The van der Waals surface area contributed by atoms with Crippen LogP contribution in [0.3, 0.4) is 0 Å². The number of hydrogen-bond donors (Lipinski definition) is 1. The minimum absolute atomic E-state index is 0.0781. The van der Waals surface area contributed by atoms with Crippen LogP contribution in [0, 0.1) is 0 Å². The van der Waals surface area contributed by atoms with Crippen molar-refractivity contribution in [3.8, 4) is 5.75 Å². The first-order chi connectivity index (χ1) is 8.57. The van der Waals surface area contributed by atoms with Crippen LogP contribution >= 0.6 is 0 Å². The van der Waals surface area contributed by atoms with Gasteiger partial charge in [-0.15, -0.1) is 0 Å². The van der Waals surface area contributed by atoms with Gasteiger partial charge in [-0.25, -0.2) is 4.21 Å². The van der Waals surface area contributed by atoms with Crippen molar-refractivity contribution in [3.05, 3.63) is 66.2 Å². The smallest absolute Gasteiger partial charge is 0.210 e. The highest BCUT2D eigenvalue weighted by atomic mass is 32.2. The standard InChI is InChI=1S/C14H14O3S/c1-18(15,16)14(12-8-4-2-5-9-12)17-13-10-6-3-7-11-13/h2-11H,1H3,(H,15,16). The van der Waals surface area contributed by atoms with Gasteiger partial charge in [0.15, 0.2) is 0 Å². The Hall–Kier alpha value is -1.78. The van der Waals surface area contributed by atoms with Crippen molar-refractivity contribution in [2.24, 2.45) is 0 Å². The molecular weight excluding hydrogens is 248 g/mol. The molecule has 3 nitrogen and oxygen atoms in total. The highest BCUT2D eigenvalue weighted by molar-refractivity contribution is 7.96. The number of hydrogen-bond acceptors (Lipinski definition) is 2. The first kappa shape index (κ1) is 12.7. The lowest BCUT2D eigenvalue weighted by Crippen LogP contribution is -2.20. The van der Waals surface area contributed by atoms with E-state index in [4.69, 9.17) is 4.74 Å². The maximum atomic E-state index is 11.9. The van der Waals surface area contributed by atoms with Crippen LogP contribution in [0.4, 0.5) is 0 Å². The van der Waals surface area contributed by atoms with Gasteiger partial charge in [-0.1, -0.05) is 48.5 Å². The molecule has 0 aliphatic heterocycles. The molecule has 0 aliphatic rings. The van der Waals surface area contributed by atoms with Crippen molar-refractivity contribution in [1.29, 1.82) is 0 Å². The lowest BCUT2D eigenvalue weighted by molar-refractivity contribution is 0.536. The lowest BCUT2D eigenvalue weighted by Gasteiger charge is -2.11. The van der Waals surface area contributed by atoms with Crippen LogP contribution in [0.15, 0.2) is 60.7 Å². The van der Waals surface area contributed by atoms with Gasteiger partial charge in [0.25, 0.3) is 0 Å². The zero-order chi connectivity index (χ0) is 13.0. The van der Waals surface area contributed by atoms with Crippen molar-refractivity contribution in [2.45, 2.75) is 0 Å². The normalized spacial score (nSPS) is 13.7. The van der Waals surface area contributed by atoms with Gasteiger partial charge in [-0.05, 0) is 12.1 Å². The maximum Gasteiger partial charge on any atom is 0.210 e. The van der Waals surface area contributed by atoms with E-state index >= 15 is 0 Å². The third kappa shape index (κ3) is 3.12. The largest absolute Gasteiger partial charge is 0.446 e. The Kier molecular flexibility index (Phi) is 3.69. The summed E-state index contributed by atoms with van der Waals surface area (Å²) in [4.78, 5) is 0. The Morgan fingerprint density at radius 3 is 2.00 bits per heavy atom. The van der Waals surface area contributed by atoms with Crippen LogP contribution in [0.5, 0.6) is 5.75 Å². The van der Waals surface area contributed by atoms with E-state index in [1.165, 1.54) is 6.26 Å². The number of para-hydroxylation sites is 1. The summed E-state index contributed by atoms with van der Waals surface area (Å²) in [5, 5.41) is 0.0781. The van der Waals surface area contributed by atoms with E-state index in [1.54, 1.807) is 36.4 Å². The van der Waals surface area contributed by atoms with E-state index in [2.05, 4.69) is 0 Å². The molecule has 0 fully saturated rings. The fourth-order valence-electron chi connectivity index (χ4n) is 1.52. The van der Waals surface area contributed by atoms with Crippen LogP contribution in [0.1, 0.15) is 5.56 Å². The van der Waals surface area contributed by atoms with E-state index in [9.17, 15) is 8.76 Å². The fraction of sp³-hybridized carbons (Fsp3) is 0.0714. The monoisotopic (exact) mass is 262 g/mol. The topological polar surface area (TPSA) is 46.5 Å². The molecule has 0 heterocycles. The second-order valence-corrected chi connectivity index (χ2v) is 5.85. The molecule has 2 aromatic carbocycles. The van der Waals surface area contributed by atoms with Crippen molar-refractivity contribution in [1.82, 2.24) is 0 Å². The molecular formula is C14H14O3S. The molecule has 0 bridgehead atoms. The average molecular weight is 262 g/mol. The molecule has 0 aromatic heterocycles. The second kappa shape index (κ2) is 5.25. The van der Waals surface area contributed by atoms with E-state index in [0.29, 0.717) is 11.3 Å². The molecule has 0 saturated heterocycles. The van der Waals surface area contributed by atoms with Crippen LogP contribution in [-0.4, -0.2) is 20.1 Å². The first-order valence-corrected chi connectivity index (χ1v) is 7.36. The third-order valence-corrected chi connectivity index (χ3v) is 3.31. The first-order valence-electron chi connectivity index (χ1n) is 5.44. The second-order valence-electron chi connectivity index (χ2n) is 3.87. The Labute approximate surface area is 107 Å². The summed E-state index contributed by atoms with van der Waals surface area (Å²) in [6.45, 7) is 0. The summed E-state index contributed by atoms with van der Waals surface area (Å²) in [6.07, 6.45) is 1.25. The predicted molar refractivity (Wildman–Crippen MR) is 74.3 cm³/mol. The minimum Gasteiger partial charge on any atom is -0.446 e. The van der Waals surface area contributed by atoms with Gasteiger partial charge in [0.05, 0.1) is 0 Å². The Morgan fingerprint density at radius 2 is 1.50 bits per heavy atom. The molecule has 0 amide bonds. The van der Waals surface area contributed by atoms with Crippen LogP contribution < -0.4 is 4.74 Å². The quantitative estimate of drug-likeness (QED) is 0.846.